The third kappa shape index (κ3) is 6.77. The topological polar surface area (TPSA) is 44.8 Å². The van der Waals surface area contributed by atoms with Gasteiger partial charge in [0.2, 0.25) is 5.91 Å². The van der Waals surface area contributed by atoms with Gasteiger partial charge < -0.3 is 19.9 Å². The van der Waals surface area contributed by atoms with Crippen molar-refractivity contribution in [3.05, 3.63) is 35.9 Å². The number of nitrogens with zero attached hydrogens (tertiary/aromatic N) is 2. The molecule has 1 fully saturated rings. The monoisotopic (exact) mass is 347 g/mol. The van der Waals surface area contributed by atoms with Gasteiger partial charge >= 0.3 is 0 Å². The molecule has 1 heterocycles. The number of rotatable bonds is 9. The predicted octanol–water partition coefficient (Wildman–Crippen LogP) is 2.30. The average Bonchev–Trinajstić information content (AvgIpc) is 2.62. The summed E-state index contributed by atoms with van der Waals surface area (Å²) in [6, 6.07) is 10.9. The summed E-state index contributed by atoms with van der Waals surface area (Å²) >= 11 is 0. The van der Waals surface area contributed by atoms with Crippen LogP contribution < -0.4 is 5.32 Å². The third-order valence-corrected chi connectivity index (χ3v) is 5.07. The number of hydrogen-bond acceptors (Lipinski definition) is 4. The van der Waals surface area contributed by atoms with Gasteiger partial charge in [-0.2, -0.15) is 0 Å². The van der Waals surface area contributed by atoms with E-state index in [-0.39, 0.29) is 11.9 Å². The Morgan fingerprint density at radius 3 is 2.64 bits per heavy atom. The van der Waals surface area contributed by atoms with Gasteiger partial charge in [-0.1, -0.05) is 30.3 Å². The first-order chi connectivity index (χ1) is 12.1. The van der Waals surface area contributed by atoms with Gasteiger partial charge in [0.15, 0.2) is 0 Å². The quantitative estimate of drug-likeness (QED) is 0.696. The molecule has 25 heavy (non-hydrogen) atoms. The average molecular weight is 348 g/mol. The summed E-state index contributed by atoms with van der Waals surface area (Å²) < 4.78 is 5.04. The smallest absolute Gasteiger partial charge is 0.220 e. The molecular formula is C20H33N3O2. The molecule has 0 bridgehead atoms. The Labute approximate surface area is 152 Å². The van der Waals surface area contributed by atoms with Crippen LogP contribution in [0.2, 0.25) is 0 Å². The number of likely N-dealkylation sites (N-methyl/N-ethyl adjacent to an activating group) is 1. The Morgan fingerprint density at radius 2 is 2.00 bits per heavy atom. The van der Waals surface area contributed by atoms with Crippen molar-refractivity contribution in [2.24, 2.45) is 0 Å². The first-order valence-electron chi connectivity index (χ1n) is 9.32. The number of nitrogens with one attached hydrogen (secondary N) is 1. The molecular weight excluding hydrogens is 314 g/mol. The van der Waals surface area contributed by atoms with Gasteiger partial charge in [-0.15, -0.1) is 0 Å². The fourth-order valence-electron chi connectivity index (χ4n) is 3.44. The van der Waals surface area contributed by atoms with Crippen LogP contribution in [-0.4, -0.2) is 69.2 Å². The minimum atomic E-state index is 0.0286. The molecule has 1 saturated heterocycles. The molecule has 1 aromatic carbocycles. The summed E-state index contributed by atoms with van der Waals surface area (Å²) in [7, 11) is 6.04. The van der Waals surface area contributed by atoms with Crippen molar-refractivity contribution in [2.75, 3.05) is 47.4 Å². The number of amides is 1. The Balaban J connectivity index is 1.95. The van der Waals surface area contributed by atoms with Crippen LogP contribution >= 0.6 is 0 Å². The zero-order chi connectivity index (χ0) is 18.1. The van der Waals surface area contributed by atoms with Crippen LogP contribution in [-0.2, 0) is 9.53 Å². The molecule has 0 unspecified atom stereocenters. The molecule has 1 aliphatic rings. The number of piperidine rings is 1. The number of ether oxygens (including phenoxy) is 1. The lowest BCUT2D eigenvalue weighted by Crippen LogP contribution is -2.45. The van der Waals surface area contributed by atoms with Gasteiger partial charge in [0, 0.05) is 32.7 Å². The molecule has 1 aliphatic heterocycles. The predicted molar refractivity (Wildman–Crippen MR) is 102 cm³/mol. The van der Waals surface area contributed by atoms with E-state index in [1.165, 1.54) is 18.4 Å². The molecule has 5 heteroatoms. The van der Waals surface area contributed by atoms with Crippen molar-refractivity contribution in [3.63, 3.8) is 0 Å². The van der Waals surface area contributed by atoms with E-state index in [0.717, 1.165) is 26.1 Å². The first kappa shape index (κ1) is 19.9. The largest absolute Gasteiger partial charge is 0.385 e. The van der Waals surface area contributed by atoms with Crippen LogP contribution in [0.25, 0.3) is 0 Å². The van der Waals surface area contributed by atoms with Crippen LogP contribution in [0.15, 0.2) is 30.3 Å². The molecule has 0 saturated carbocycles. The van der Waals surface area contributed by atoms with E-state index in [1.54, 1.807) is 7.11 Å². The Hall–Kier alpha value is -1.43. The number of methoxy groups -OCH3 is 1. The minimum Gasteiger partial charge on any atom is -0.385 e. The van der Waals surface area contributed by atoms with Crippen LogP contribution in [0.3, 0.4) is 0 Å². The van der Waals surface area contributed by atoms with Crippen molar-refractivity contribution in [3.8, 4) is 0 Å². The second-order valence-electron chi connectivity index (χ2n) is 7.10. The number of benzene rings is 1. The van der Waals surface area contributed by atoms with E-state index in [9.17, 15) is 4.79 Å². The minimum absolute atomic E-state index is 0.0286. The number of carbonyl (C=O) groups excluding carboxylic acids is 1. The van der Waals surface area contributed by atoms with Gasteiger partial charge in [-0.3, -0.25) is 4.79 Å². The molecule has 1 amide bonds. The number of hydrogen-bond donors (Lipinski definition) is 1. The maximum absolute atomic E-state index is 12.3. The maximum Gasteiger partial charge on any atom is 0.220 e. The summed E-state index contributed by atoms with van der Waals surface area (Å²) in [5, 5.41) is 3.22. The van der Waals surface area contributed by atoms with E-state index in [0.29, 0.717) is 19.1 Å². The molecule has 5 nitrogen and oxygen atoms in total. The number of likely N-dealkylation sites (tertiary alicyclic amines) is 1. The summed E-state index contributed by atoms with van der Waals surface area (Å²) in [6.45, 7) is 3.76. The van der Waals surface area contributed by atoms with Crippen molar-refractivity contribution >= 4 is 5.91 Å². The highest BCUT2D eigenvalue weighted by Gasteiger charge is 2.24. The Kier molecular flexibility index (Phi) is 8.38. The van der Waals surface area contributed by atoms with Gasteiger partial charge in [0.25, 0.3) is 0 Å². The molecule has 0 aliphatic carbocycles. The molecule has 1 atom stereocenters. The molecule has 0 radical (unpaired) electrons. The number of carbonyl (C=O) groups is 1. The standard InChI is InChI=1S/C20H33N3O2/c1-22-13-11-18(12-14-22)23(2)16-19(17-8-5-4-6-9-17)21-20(24)10-7-15-25-3/h4-6,8-9,18-19H,7,10-16H2,1-3H3,(H,21,24)/t19-/m1/s1. The molecule has 0 aromatic heterocycles. The maximum atomic E-state index is 12.3. The second-order valence-corrected chi connectivity index (χ2v) is 7.10. The van der Waals surface area contributed by atoms with E-state index < -0.39 is 0 Å². The van der Waals surface area contributed by atoms with Crippen molar-refractivity contribution in [1.82, 2.24) is 15.1 Å². The van der Waals surface area contributed by atoms with E-state index in [4.69, 9.17) is 4.74 Å². The summed E-state index contributed by atoms with van der Waals surface area (Å²) in [5.41, 5.74) is 1.17. The third-order valence-electron chi connectivity index (χ3n) is 5.07. The van der Waals surface area contributed by atoms with Crippen LogP contribution in [0.1, 0.15) is 37.3 Å². The summed E-state index contributed by atoms with van der Waals surface area (Å²) in [5.74, 6) is 0.0997. The van der Waals surface area contributed by atoms with Crippen molar-refractivity contribution < 1.29 is 9.53 Å². The zero-order valence-corrected chi connectivity index (χ0v) is 15.9. The molecule has 140 valence electrons. The first-order valence-corrected chi connectivity index (χ1v) is 9.32. The molecule has 2 rings (SSSR count). The van der Waals surface area contributed by atoms with Gasteiger partial charge in [-0.25, -0.2) is 0 Å². The summed E-state index contributed by atoms with van der Waals surface area (Å²) in [6.07, 6.45) is 3.65. The lowest BCUT2D eigenvalue weighted by atomic mass is 10.0. The van der Waals surface area contributed by atoms with Gasteiger partial charge in [0.05, 0.1) is 6.04 Å². The normalized spacial score (nSPS) is 17.6. The molecule has 0 spiro atoms. The van der Waals surface area contributed by atoms with E-state index in [2.05, 4.69) is 41.3 Å². The Morgan fingerprint density at radius 1 is 1.32 bits per heavy atom. The highest BCUT2D eigenvalue weighted by molar-refractivity contribution is 5.76. The second kappa shape index (κ2) is 10.5. The van der Waals surface area contributed by atoms with Crippen molar-refractivity contribution in [2.45, 2.75) is 37.8 Å². The van der Waals surface area contributed by atoms with E-state index in [1.807, 2.05) is 18.2 Å². The van der Waals surface area contributed by atoms with E-state index >= 15 is 0 Å². The van der Waals surface area contributed by atoms with Gasteiger partial charge in [-0.05, 0) is 52.0 Å². The highest BCUT2D eigenvalue weighted by Crippen LogP contribution is 2.19. The fourth-order valence-corrected chi connectivity index (χ4v) is 3.44. The van der Waals surface area contributed by atoms with Crippen LogP contribution in [0, 0.1) is 0 Å². The lowest BCUT2D eigenvalue weighted by molar-refractivity contribution is -0.122. The van der Waals surface area contributed by atoms with Crippen LogP contribution in [0.4, 0.5) is 0 Å². The lowest BCUT2D eigenvalue weighted by Gasteiger charge is -2.37. The van der Waals surface area contributed by atoms with Crippen LogP contribution in [0.5, 0.6) is 0 Å². The van der Waals surface area contributed by atoms with Gasteiger partial charge in [0.1, 0.15) is 0 Å². The zero-order valence-electron chi connectivity index (χ0n) is 15.9. The summed E-state index contributed by atoms with van der Waals surface area (Å²) in [4.78, 5) is 17.1. The Bertz CT molecular complexity index is 501. The van der Waals surface area contributed by atoms with Crippen molar-refractivity contribution in [1.29, 1.82) is 0 Å². The molecule has 1 N–H and O–H groups in total. The SMILES string of the molecule is COCCCC(=O)N[C@H](CN(C)C1CCN(C)CC1)c1ccccc1. The highest BCUT2D eigenvalue weighted by atomic mass is 16.5. The molecule has 1 aromatic rings. The fraction of sp³-hybridized carbons (Fsp3) is 0.650.